The number of aliphatic hydroxyl groups excluding tert-OH is 6. The Morgan fingerprint density at radius 2 is 1.17 bits per heavy atom. The number of ether oxygens (including phenoxy) is 3. The molecule has 2 aliphatic rings. The molecule has 0 saturated carbocycles. The van der Waals surface area contributed by atoms with Gasteiger partial charge in [0.15, 0.2) is 12.6 Å². The molecule has 9 nitrogen and oxygen atoms in total. The van der Waals surface area contributed by atoms with Crippen molar-refractivity contribution in [3.8, 4) is 0 Å². The molecule has 136 valence electrons. The topological polar surface area (TPSA) is 149 Å². The Morgan fingerprint density at radius 3 is 1.61 bits per heavy atom. The molecular weight excluding hydrogens is 332 g/mol. The van der Waals surface area contributed by atoms with Crippen molar-refractivity contribution in [3.05, 3.63) is 0 Å². The first-order chi connectivity index (χ1) is 10.8. The minimum Gasteiger partial charge on any atom is -0.388 e. The second-order valence-electron chi connectivity index (χ2n) is 5.76. The van der Waals surface area contributed by atoms with Crippen LogP contribution in [0.25, 0.3) is 0 Å². The first-order valence-electron chi connectivity index (χ1n) is 7.47. The van der Waals surface area contributed by atoms with Crippen molar-refractivity contribution in [1.82, 2.24) is 0 Å². The Balaban J connectivity index is 2.07. The highest BCUT2D eigenvalue weighted by atomic mass is 32.1. The van der Waals surface area contributed by atoms with Crippen LogP contribution in [0.4, 0.5) is 0 Å². The first-order valence-corrected chi connectivity index (χ1v) is 8.10. The van der Waals surface area contributed by atoms with Gasteiger partial charge in [0.25, 0.3) is 0 Å². The van der Waals surface area contributed by atoms with E-state index in [-0.39, 0.29) is 5.75 Å². The Morgan fingerprint density at radius 1 is 0.739 bits per heavy atom. The van der Waals surface area contributed by atoms with E-state index in [9.17, 15) is 30.6 Å². The van der Waals surface area contributed by atoms with Gasteiger partial charge in [-0.3, -0.25) is 0 Å². The molecule has 0 amide bonds. The van der Waals surface area contributed by atoms with Crippen LogP contribution < -0.4 is 0 Å². The monoisotopic (exact) mass is 356 g/mol. The van der Waals surface area contributed by atoms with Crippen molar-refractivity contribution in [2.24, 2.45) is 0 Å². The highest BCUT2D eigenvalue weighted by Crippen LogP contribution is 2.29. The van der Waals surface area contributed by atoms with E-state index in [0.717, 1.165) is 0 Å². The predicted molar refractivity (Wildman–Crippen MR) is 78.6 cm³/mol. The maximum absolute atomic E-state index is 9.95. The van der Waals surface area contributed by atoms with Crippen LogP contribution in [0.5, 0.6) is 0 Å². The minimum absolute atomic E-state index is 0.0673. The fraction of sp³-hybridized carbons (Fsp3) is 1.00. The molecule has 2 aliphatic heterocycles. The molecule has 0 aromatic carbocycles. The van der Waals surface area contributed by atoms with Crippen molar-refractivity contribution < 1.29 is 44.8 Å². The van der Waals surface area contributed by atoms with Gasteiger partial charge < -0.3 is 44.8 Å². The summed E-state index contributed by atoms with van der Waals surface area (Å²) in [6.45, 7) is 1.72. The second kappa shape index (κ2) is 7.91. The maximum atomic E-state index is 9.95. The van der Waals surface area contributed by atoms with E-state index in [2.05, 4.69) is 12.6 Å². The SMILES string of the molecule is CCC1O[C@H](O[C@@H]2OC(CS)[C@@H](O)[C@H](O)C2O)C(O)C(O)[C@@H]1O. The van der Waals surface area contributed by atoms with Crippen LogP contribution >= 0.6 is 12.6 Å². The maximum Gasteiger partial charge on any atom is 0.189 e. The summed E-state index contributed by atoms with van der Waals surface area (Å²) in [5, 5.41) is 59.1. The summed E-state index contributed by atoms with van der Waals surface area (Å²) in [7, 11) is 0. The number of thiol groups is 1. The Labute approximate surface area is 138 Å². The second-order valence-corrected chi connectivity index (χ2v) is 6.12. The molecule has 0 aliphatic carbocycles. The molecule has 2 fully saturated rings. The molecule has 23 heavy (non-hydrogen) atoms. The molecule has 10 atom stereocenters. The summed E-state index contributed by atoms with van der Waals surface area (Å²) in [5.41, 5.74) is 0. The average Bonchev–Trinajstić information content (AvgIpc) is 2.55. The summed E-state index contributed by atoms with van der Waals surface area (Å²) in [5.74, 6) is 0.0673. The first kappa shape index (κ1) is 19.3. The van der Waals surface area contributed by atoms with E-state index < -0.39 is 61.4 Å². The summed E-state index contributed by atoms with van der Waals surface area (Å²) in [6, 6.07) is 0. The highest BCUT2D eigenvalue weighted by Gasteiger charge is 2.49. The third kappa shape index (κ3) is 3.82. The fourth-order valence-corrected chi connectivity index (χ4v) is 2.98. The van der Waals surface area contributed by atoms with Gasteiger partial charge in [-0.1, -0.05) is 6.92 Å². The van der Waals surface area contributed by atoms with Crippen molar-refractivity contribution in [3.63, 3.8) is 0 Å². The molecule has 5 unspecified atom stereocenters. The third-order valence-corrected chi connectivity index (χ3v) is 4.55. The lowest BCUT2D eigenvalue weighted by Gasteiger charge is -2.44. The molecule has 0 aromatic rings. The van der Waals surface area contributed by atoms with Crippen LogP contribution in [0.15, 0.2) is 0 Å². The van der Waals surface area contributed by atoms with Gasteiger partial charge in [-0.25, -0.2) is 0 Å². The van der Waals surface area contributed by atoms with E-state index in [0.29, 0.717) is 6.42 Å². The van der Waals surface area contributed by atoms with Crippen molar-refractivity contribution in [2.75, 3.05) is 5.75 Å². The van der Waals surface area contributed by atoms with Gasteiger partial charge in [0.05, 0.1) is 12.2 Å². The summed E-state index contributed by atoms with van der Waals surface area (Å²) >= 11 is 3.99. The summed E-state index contributed by atoms with van der Waals surface area (Å²) in [4.78, 5) is 0. The number of hydrogen-bond acceptors (Lipinski definition) is 10. The highest BCUT2D eigenvalue weighted by molar-refractivity contribution is 7.80. The zero-order valence-electron chi connectivity index (χ0n) is 12.5. The molecule has 6 N–H and O–H groups in total. The van der Waals surface area contributed by atoms with Gasteiger partial charge in [0.1, 0.15) is 36.6 Å². The lowest BCUT2D eigenvalue weighted by atomic mass is 9.97. The lowest BCUT2D eigenvalue weighted by Crippen LogP contribution is -2.63. The predicted octanol–water partition coefficient (Wildman–Crippen LogP) is -3.04. The van der Waals surface area contributed by atoms with Crippen LogP contribution in [0.1, 0.15) is 13.3 Å². The molecule has 2 rings (SSSR count). The van der Waals surface area contributed by atoms with Crippen LogP contribution in [0.3, 0.4) is 0 Å². The van der Waals surface area contributed by atoms with Crippen molar-refractivity contribution in [2.45, 2.75) is 74.8 Å². The summed E-state index contributed by atoms with van der Waals surface area (Å²) in [6.07, 6.45) is -12.8. The van der Waals surface area contributed by atoms with E-state index in [1.165, 1.54) is 0 Å². The van der Waals surface area contributed by atoms with E-state index in [1.807, 2.05) is 0 Å². The summed E-state index contributed by atoms with van der Waals surface area (Å²) < 4.78 is 16.0. The zero-order chi connectivity index (χ0) is 17.3. The third-order valence-electron chi connectivity index (χ3n) is 4.19. The van der Waals surface area contributed by atoms with Crippen molar-refractivity contribution >= 4 is 12.6 Å². The molecular formula is C13H24O9S. The van der Waals surface area contributed by atoms with Crippen molar-refractivity contribution in [1.29, 1.82) is 0 Å². The fourth-order valence-electron chi connectivity index (χ4n) is 2.68. The van der Waals surface area contributed by atoms with Gasteiger partial charge in [-0.15, -0.1) is 0 Å². The average molecular weight is 356 g/mol. The van der Waals surface area contributed by atoms with Crippen LogP contribution in [-0.2, 0) is 14.2 Å². The molecule has 0 bridgehead atoms. The van der Waals surface area contributed by atoms with E-state index in [4.69, 9.17) is 14.2 Å². The molecule has 0 spiro atoms. The molecule has 0 aromatic heterocycles. The molecule has 2 saturated heterocycles. The van der Waals surface area contributed by atoms with Gasteiger partial charge in [-0.05, 0) is 6.42 Å². The smallest absolute Gasteiger partial charge is 0.189 e. The number of rotatable bonds is 4. The number of aliphatic hydroxyl groups is 6. The van der Waals surface area contributed by atoms with Gasteiger partial charge in [0, 0.05) is 5.75 Å². The Hall–Kier alpha value is -0.0100. The van der Waals surface area contributed by atoms with Crippen LogP contribution in [0.2, 0.25) is 0 Å². The standard InChI is InChI=1S/C13H24O9S/c1-2-4-6(14)8(16)10(18)12(20-4)22-13-11(19)9(17)7(15)5(3-23)21-13/h4-19,23H,2-3H2,1H3/t4?,5?,6-,7-,8?,9+,10?,11?,12-,13+/m1/s1. The molecule has 10 heteroatoms. The van der Waals surface area contributed by atoms with Gasteiger partial charge >= 0.3 is 0 Å². The largest absolute Gasteiger partial charge is 0.388 e. The van der Waals surface area contributed by atoms with E-state index >= 15 is 0 Å². The van der Waals surface area contributed by atoms with Crippen LogP contribution in [0, 0.1) is 0 Å². The van der Waals surface area contributed by atoms with Gasteiger partial charge in [-0.2, -0.15) is 12.6 Å². The Kier molecular flexibility index (Phi) is 6.65. The quantitative estimate of drug-likeness (QED) is 0.261. The zero-order valence-corrected chi connectivity index (χ0v) is 13.4. The van der Waals surface area contributed by atoms with E-state index in [1.54, 1.807) is 6.92 Å². The normalized spacial score (nSPS) is 51.7. The van der Waals surface area contributed by atoms with Crippen LogP contribution in [-0.4, -0.2) is 97.8 Å². The molecule has 0 radical (unpaired) electrons. The molecule has 2 heterocycles. The van der Waals surface area contributed by atoms with Gasteiger partial charge in [0.2, 0.25) is 0 Å². The lowest BCUT2D eigenvalue weighted by molar-refractivity contribution is -0.371. The number of hydrogen-bond donors (Lipinski definition) is 7. The minimum atomic E-state index is -1.58. The Bertz CT molecular complexity index is 348.